The molecule has 88 valence electrons. The number of carbonyl (C=O) groups is 1. The molecule has 0 heterocycles. The zero-order valence-electron chi connectivity index (χ0n) is 8.61. The van der Waals surface area contributed by atoms with E-state index >= 15 is 0 Å². The van der Waals surface area contributed by atoms with Crippen molar-refractivity contribution in [3.05, 3.63) is 34.9 Å². The highest BCUT2D eigenvalue weighted by atomic mass is 35.5. The smallest absolute Gasteiger partial charge is 0.328 e. The Bertz CT molecular complexity index is 347. The second-order valence-electron chi connectivity index (χ2n) is 3.02. The molecule has 0 fully saturated rings. The van der Waals surface area contributed by atoms with Crippen molar-refractivity contribution in [3.8, 4) is 0 Å². The molecule has 16 heavy (non-hydrogen) atoms. The maximum Gasteiger partial charge on any atom is 0.328 e. The van der Waals surface area contributed by atoms with Gasteiger partial charge in [0.05, 0.1) is 19.6 Å². The minimum absolute atomic E-state index is 0.144. The van der Waals surface area contributed by atoms with Crippen LogP contribution in [-0.2, 0) is 21.0 Å². The lowest BCUT2D eigenvalue weighted by atomic mass is 10.2. The number of halogens is 1. The Hall–Kier alpha value is -1.14. The van der Waals surface area contributed by atoms with E-state index in [0.717, 1.165) is 5.56 Å². The van der Waals surface area contributed by atoms with Crippen LogP contribution in [0, 0.1) is 0 Å². The second kappa shape index (κ2) is 7.19. The van der Waals surface area contributed by atoms with Gasteiger partial charge in [-0.3, -0.25) is 4.79 Å². The first-order chi connectivity index (χ1) is 7.72. The maximum atomic E-state index is 10.8. The summed E-state index contributed by atoms with van der Waals surface area (Å²) in [5, 5.41) is 0.660. The second-order valence-corrected chi connectivity index (χ2v) is 3.46. The molecule has 0 bridgehead atoms. The molecule has 0 atom stereocenters. The van der Waals surface area contributed by atoms with Crippen LogP contribution in [0.25, 0.3) is 0 Å². The van der Waals surface area contributed by atoms with E-state index in [4.69, 9.17) is 22.2 Å². The lowest BCUT2D eigenvalue weighted by Gasteiger charge is -2.04. The Morgan fingerprint density at radius 2 is 2.31 bits per heavy atom. The Balaban J connectivity index is 2.18. The molecule has 0 saturated carbocycles. The highest BCUT2D eigenvalue weighted by Crippen LogP contribution is 2.11. The first-order valence-corrected chi connectivity index (χ1v) is 5.07. The third-order valence-corrected chi connectivity index (χ3v) is 2.02. The van der Waals surface area contributed by atoms with Gasteiger partial charge in [-0.2, -0.15) is 0 Å². The van der Waals surface area contributed by atoms with Crippen molar-refractivity contribution in [2.75, 3.05) is 6.61 Å². The lowest BCUT2D eigenvalue weighted by Crippen LogP contribution is -2.26. The van der Waals surface area contributed by atoms with E-state index in [2.05, 4.69) is 4.84 Å². The van der Waals surface area contributed by atoms with Gasteiger partial charge in [-0.25, -0.2) is 5.84 Å². The van der Waals surface area contributed by atoms with Gasteiger partial charge >= 0.3 is 5.97 Å². The first kappa shape index (κ1) is 12.9. The molecule has 0 aliphatic heterocycles. The summed E-state index contributed by atoms with van der Waals surface area (Å²) in [6, 6.07) is 7.33. The Morgan fingerprint density at radius 1 is 1.50 bits per heavy atom. The molecule has 1 rings (SSSR count). The quantitative estimate of drug-likeness (QED) is 0.446. The summed E-state index contributed by atoms with van der Waals surface area (Å²) < 4.78 is 5.26. The van der Waals surface area contributed by atoms with Gasteiger partial charge in [0.15, 0.2) is 0 Å². The van der Waals surface area contributed by atoms with Crippen molar-refractivity contribution in [2.24, 2.45) is 5.84 Å². The van der Waals surface area contributed by atoms with E-state index in [1.807, 2.05) is 17.7 Å². The number of hydrazine groups is 1. The summed E-state index contributed by atoms with van der Waals surface area (Å²) in [6.45, 7) is 0.678. The van der Waals surface area contributed by atoms with Crippen LogP contribution >= 0.6 is 11.6 Å². The highest BCUT2D eigenvalue weighted by molar-refractivity contribution is 6.30. The molecule has 0 aliphatic carbocycles. The Labute approximate surface area is 98.4 Å². The maximum absolute atomic E-state index is 10.8. The van der Waals surface area contributed by atoms with Gasteiger partial charge in [-0.05, 0) is 17.7 Å². The van der Waals surface area contributed by atoms with E-state index in [-0.39, 0.29) is 13.0 Å². The first-order valence-electron chi connectivity index (χ1n) is 4.70. The minimum atomic E-state index is -0.464. The Kier molecular flexibility index (Phi) is 5.81. The summed E-state index contributed by atoms with van der Waals surface area (Å²) >= 11 is 5.80. The molecule has 0 spiro atoms. The molecule has 6 heteroatoms. The average molecular weight is 245 g/mol. The van der Waals surface area contributed by atoms with Crippen LogP contribution in [0.2, 0.25) is 5.02 Å². The summed E-state index contributed by atoms with van der Waals surface area (Å²) in [7, 11) is 0. The van der Waals surface area contributed by atoms with Crippen molar-refractivity contribution in [1.82, 2.24) is 5.59 Å². The number of hydrogen-bond acceptors (Lipinski definition) is 5. The predicted octanol–water partition coefficient (Wildman–Crippen LogP) is 1.17. The molecule has 0 saturated heterocycles. The molecule has 0 aromatic heterocycles. The van der Waals surface area contributed by atoms with Crippen LogP contribution in [0.5, 0.6) is 0 Å². The standard InChI is InChI=1S/C10H13ClN2O3/c11-9-3-1-2-8(6-9)7-15-5-4-10(14)16-13-12/h1-3,6,13H,4-5,7,12H2. The van der Waals surface area contributed by atoms with Gasteiger partial charge in [-0.1, -0.05) is 29.3 Å². The molecular formula is C10H13ClN2O3. The monoisotopic (exact) mass is 244 g/mol. The van der Waals surface area contributed by atoms with Gasteiger partial charge in [0.25, 0.3) is 0 Å². The van der Waals surface area contributed by atoms with Crippen LogP contribution in [0.3, 0.4) is 0 Å². The summed E-state index contributed by atoms with van der Waals surface area (Å²) in [4.78, 5) is 15.1. The van der Waals surface area contributed by atoms with E-state index in [1.165, 1.54) is 0 Å². The zero-order chi connectivity index (χ0) is 11.8. The number of hydrogen-bond donors (Lipinski definition) is 2. The van der Waals surface area contributed by atoms with Crippen molar-refractivity contribution in [3.63, 3.8) is 0 Å². The van der Waals surface area contributed by atoms with Crippen LogP contribution in [0.15, 0.2) is 24.3 Å². The molecule has 3 N–H and O–H groups in total. The summed E-state index contributed by atoms with van der Waals surface area (Å²) in [5.74, 6) is 4.33. The average Bonchev–Trinajstić information content (AvgIpc) is 2.25. The molecule has 0 radical (unpaired) electrons. The fourth-order valence-electron chi connectivity index (χ4n) is 1.09. The van der Waals surface area contributed by atoms with Crippen molar-refractivity contribution in [2.45, 2.75) is 13.0 Å². The molecule has 0 amide bonds. The highest BCUT2D eigenvalue weighted by Gasteiger charge is 2.02. The van der Waals surface area contributed by atoms with E-state index in [1.54, 1.807) is 12.1 Å². The van der Waals surface area contributed by atoms with E-state index in [9.17, 15) is 4.79 Å². The van der Waals surface area contributed by atoms with Gasteiger partial charge in [0, 0.05) is 5.02 Å². The third-order valence-electron chi connectivity index (χ3n) is 1.78. The molecule has 0 unspecified atom stereocenters. The van der Waals surface area contributed by atoms with Gasteiger partial charge in [0.2, 0.25) is 0 Å². The summed E-state index contributed by atoms with van der Waals surface area (Å²) in [5.41, 5.74) is 2.77. The Morgan fingerprint density at radius 3 is 3.00 bits per heavy atom. The fraction of sp³-hybridized carbons (Fsp3) is 0.300. The predicted molar refractivity (Wildman–Crippen MR) is 59.1 cm³/mol. The zero-order valence-corrected chi connectivity index (χ0v) is 9.37. The minimum Gasteiger partial charge on any atom is -0.376 e. The van der Waals surface area contributed by atoms with Gasteiger partial charge in [-0.15, -0.1) is 0 Å². The molecular weight excluding hydrogens is 232 g/mol. The third kappa shape index (κ3) is 5.09. The number of benzene rings is 1. The largest absolute Gasteiger partial charge is 0.376 e. The molecule has 1 aromatic rings. The SMILES string of the molecule is NNOC(=O)CCOCc1cccc(Cl)c1. The number of carbonyl (C=O) groups excluding carboxylic acids is 1. The lowest BCUT2D eigenvalue weighted by molar-refractivity contribution is -0.152. The van der Waals surface area contributed by atoms with E-state index < -0.39 is 5.97 Å². The van der Waals surface area contributed by atoms with Crippen molar-refractivity contribution < 1.29 is 14.4 Å². The van der Waals surface area contributed by atoms with Crippen LogP contribution in [-0.4, -0.2) is 12.6 Å². The molecule has 5 nitrogen and oxygen atoms in total. The number of ether oxygens (including phenoxy) is 1. The van der Waals surface area contributed by atoms with E-state index in [0.29, 0.717) is 11.6 Å². The van der Waals surface area contributed by atoms with Crippen LogP contribution in [0.4, 0.5) is 0 Å². The number of nitrogens with one attached hydrogen (secondary N) is 1. The van der Waals surface area contributed by atoms with Gasteiger partial charge in [0.1, 0.15) is 0 Å². The van der Waals surface area contributed by atoms with Crippen LogP contribution < -0.4 is 11.4 Å². The van der Waals surface area contributed by atoms with Crippen molar-refractivity contribution >= 4 is 17.6 Å². The topological polar surface area (TPSA) is 73.6 Å². The van der Waals surface area contributed by atoms with Crippen molar-refractivity contribution in [1.29, 1.82) is 0 Å². The fourth-order valence-corrected chi connectivity index (χ4v) is 1.30. The number of nitrogens with two attached hydrogens (primary N) is 1. The molecule has 1 aromatic carbocycles. The number of rotatable bonds is 6. The molecule has 0 aliphatic rings. The van der Waals surface area contributed by atoms with Crippen LogP contribution in [0.1, 0.15) is 12.0 Å². The van der Waals surface area contributed by atoms with Gasteiger partial charge < -0.3 is 9.57 Å². The summed E-state index contributed by atoms with van der Waals surface area (Å²) in [6.07, 6.45) is 0.144. The normalized spacial score (nSPS) is 10.1.